The number of thiol groups is 1. The van der Waals surface area contributed by atoms with Crippen LogP contribution in [0.15, 0.2) is 11.1 Å². The molecule has 0 spiro atoms. The van der Waals surface area contributed by atoms with Crippen molar-refractivity contribution in [1.82, 2.24) is 19.5 Å². The number of fused-ring (bicyclic) bond motifs is 1. The first-order valence-electron chi connectivity index (χ1n) is 6.03. The smallest absolute Gasteiger partial charge is 0.280 e. The lowest BCUT2D eigenvalue weighted by Gasteiger charge is -2.18. The lowest BCUT2D eigenvalue weighted by molar-refractivity contribution is -0.0430. The largest absolute Gasteiger partial charge is 0.394 e. The molecule has 3 rings (SSSR count). The number of nitrogens with two attached hydrogens (primary N) is 1. The number of aliphatic hydroxyl groups is 2. The number of aromatic amines is 1. The maximum atomic E-state index is 11.8. The highest BCUT2D eigenvalue weighted by Gasteiger charge is 2.45. The molecule has 0 saturated carbocycles. The molecule has 0 aliphatic carbocycles. The van der Waals surface area contributed by atoms with Crippen molar-refractivity contribution in [3.05, 3.63) is 16.7 Å². The van der Waals surface area contributed by atoms with E-state index in [0.717, 1.165) is 10.8 Å². The Morgan fingerprint density at radius 1 is 1.62 bits per heavy atom. The minimum Gasteiger partial charge on any atom is -0.394 e. The van der Waals surface area contributed by atoms with Gasteiger partial charge in [-0.2, -0.15) is 4.98 Å². The van der Waals surface area contributed by atoms with Crippen molar-refractivity contribution in [1.29, 1.82) is 0 Å². The maximum Gasteiger partial charge on any atom is 0.280 e. The Bertz CT molecular complexity index is 719. The third kappa shape index (κ3) is 2.30. The van der Waals surface area contributed by atoms with Gasteiger partial charge in [0.1, 0.15) is 6.10 Å². The highest BCUT2D eigenvalue weighted by molar-refractivity contribution is 8.68. The molecule has 9 nitrogen and oxygen atoms in total. The van der Waals surface area contributed by atoms with Gasteiger partial charge in [0, 0.05) is 0 Å². The monoisotopic (exact) mass is 331 g/mol. The molecule has 3 heterocycles. The standard InChI is InChI=1S/C10H13N5O4S2/c11-10-13-7-4(8(18)14-10)12-2-15(7)9-6(21-20)5(17)3(1-16)19-9/h2-3,5-6,9,16-17,20H,1H2,(H3,11,13,14,18)/t3-,5?,6?,9-/m1/s1. The molecule has 11 heteroatoms. The van der Waals surface area contributed by atoms with E-state index >= 15 is 0 Å². The summed E-state index contributed by atoms with van der Waals surface area (Å²) in [6.45, 7) is -0.328. The first kappa shape index (κ1) is 14.7. The number of hydrogen-bond donors (Lipinski definition) is 5. The molecule has 5 N–H and O–H groups in total. The molecule has 2 aromatic rings. The van der Waals surface area contributed by atoms with Crippen LogP contribution in [0.5, 0.6) is 0 Å². The Morgan fingerprint density at radius 3 is 3.05 bits per heavy atom. The van der Waals surface area contributed by atoms with Crippen LogP contribution in [0.4, 0.5) is 5.95 Å². The van der Waals surface area contributed by atoms with E-state index in [1.807, 2.05) is 0 Å². The summed E-state index contributed by atoms with van der Waals surface area (Å²) in [6.07, 6.45) is -0.922. The number of anilines is 1. The summed E-state index contributed by atoms with van der Waals surface area (Å²) in [7, 11) is 1.10. The van der Waals surface area contributed by atoms with Gasteiger partial charge in [0.15, 0.2) is 17.4 Å². The quantitative estimate of drug-likeness (QED) is 0.353. The number of imidazole rings is 1. The number of ether oxygens (including phenoxy) is 1. The minimum absolute atomic E-state index is 0.0402. The summed E-state index contributed by atoms with van der Waals surface area (Å²) in [4.78, 5) is 22.2. The zero-order valence-corrected chi connectivity index (χ0v) is 12.3. The van der Waals surface area contributed by atoms with E-state index < -0.39 is 29.2 Å². The van der Waals surface area contributed by atoms with Crippen LogP contribution in [0.2, 0.25) is 0 Å². The molecule has 0 amide bonds. The Kier molecular flexibility index (Phi) is 3.84. The van der Waals surface area contributed by atoms with Crippen LogP contribution in [-0.4, -0.2) is 53.8 Å². The van der Waals surface area contributed by atoms with Crippen LogP contribution in [0.25, 0.3) is 11.2 Å². The Hall–Kier alpha value is -1.27. The number of H-pyrrole nitrogens is 1. The Morgan fingerprint density at radius 2 is 2.38 bits per heavy atom. The second-order valence-electron chi connectivity index (χ2n) is 4.58. The molecule has 0 radical (unpaired) electrons. The molecule has 114 valence electrons. The van der Waals surface area contributed by atoms with Gasteiger partial charge in [0.2, 0.25) is 5.95 Å². The fraction of sp³-hybridized carbons (Fsp3) is 0.500. The van der Waals surface area contributed by atoms with Crippen LogP contribution in [0, 0.1) is 0 Å². The minimum atomic E-state index is -0.903. The summed E-state index contributed by atoms with van der Waals surface area (Å²) in [5, 5.41) is 18.9. The SMILES string of the molecule is Nc1nc2c(ncn2[C@@H]2O[C@H](CO)C(O)C2SS)c(=O)[nH]1. The van der Waals surface area contributed by atoms with E-state index in [1.165, 1.54) is 10.9 Å². The zero-order chi connectivity index (χ0) is 15.1. The van der Waals surface area contributed by atoms with Crippen molar-refractivity contribution >= 4 is 39.6 Å². The summed E-state index contributed by atoms with van der Waals surface area (Å²) < 4.78 is 7.13. The lowest BCUT2D eigenvalue weighted by atomic mass is 10.2. The van der Waals surface area contributed by atoms with E-state index in [2.05, 4.69) is 26.6 Å². The third-order valence-corrected chi connectivity index (χ3v) is 4.82. The van der Waals surface area contributed by atoms with Crippen molar-refractivity contribution < 1.29 is 14.9 Å². The molecule has 21 heavy (non-hydrogen) atoms. The van der Waals surface area contributed by atoms with Crippen molar-refractivity contribution in [3.8, 4) is 0 Å². The normalized spacial score (nSPS) is 29.3. The lowest BCUT2D eigenvalue weighted by Crippen LogP contribution is -2.30. The molecule has 1 aliphatic rings. The van der Waals surface area contributed by atoms with E-state index in [0.29, 0.717) is 0 Å². The molecule has 0 aromatic carbocycles. The van der Waals surface area contributed by atoms with Crippen LogP contribution in [0.3, 0.4) is 0 Å². The van der Waals surface area contributed by atoms with Crippen LogP contribution < -0.4 is 11.3 Å². The number of aromatic nitrogens is 4. The fourth-order valence-electron chi connectivity index (χ4n) is 2.34. The van der Waals surface area contributed by atoms with Gasteiger partial charge < -0.3 is 20.7 Å². The molecule has 0 bridgehead atoms. The topological polar surface area (TPSA) is 139 Å². The zero-order valence-electron chi connectivity index (χ0n) is 10.6. The molecule has 2 aromatic heterocycles. The van der Waals surface area contributed by atoms with Gasteiger partial charge in [-0.05, 0) is 0 Å². The number of nitrogens with zero attached hydrogens (tertiary/aromatic N) is 3. The van der Waals surface area contributed by atoms with Gasteiger partial charge in [0.05, 0.1) is 24.3 Å². The highest BCUT2D eigenvalue weighted by atomic mass is 33.1. The van der Waals surface area contributed by atoms with E-state index in [1.54, 1.807) is 0 Å². The molecule has 1 fully saturated rings. The number of nitrogen functional groups attached to an aromatic ring is 1. The van der Waals surface area contributed by atoms with Crippen molar-refractivity contribution in [3.63, 3.8) is 0 Å². The summed E-state index contributed by atoms with van der Waals surface area (Å²) in [6, 6.07) is 0. The van der Waals surface area contributed by atoms with Gasteiger partial charge in [0.25, 0.3) is 5.56 Å². The average Bonchev–Trinajstić information content (AvgIpc) is 2.99. The molecular weight excluding hydrogens is 318 g/mol. The van der Waals surface area contributed by atoms with Gasteiger partial charge in [-0.25, -0.2) is 4.98 Å². The first-order valence-corrected chi connectivity index (χ1v) is 7.97. The fourth-order valence-corrected chi connectivity index (χ4v) is 3.62. The Labute approximate surface area is 127 Å². The van der Waals surface area contributed by atoms with Gasteiger partial charge in [-0.1, -0.05) is 10.8 Å². The van der Waals surface area contributed by atoms with E-state index in [-0.39, 0.29) is 23.7 Å². The predicted molar refractivity (Wildman–Crippen MR) is 79.9 cm³/mol. The summed E-state index contributed by atoms with van der Waals surface area (Å²) >= 11 is 4.13. The third-order valence-electron chi connectivity index (χ3n) is 3.34. The van der Waals surface area contributed by atoms with Gasteiger partial charge >= 0.3 is 0 Å². The number of nitrogens with one attached hydrogen (secondary N) is 1. The number of aliphatic hydroxyl groups excluding tert-OH is 2. The van der Waals surface area contributed by atoms with E-state index in [4.69, 9.17) is 10.5 Å². The van der Waals surface area contributed by atoms with Crippen LogP contribution >= 0.6 is 22.5 Å². The molecule has 1 saturated heterocycles. The molecule has 1 aliphatic heterocycles. The predicted octanol–water partition coefficient (Wildman–Crippen LogP) is -1.10. The van der Waals surface area contributed by atoms with Gasteiger partial charge in [-0.3, -0.25) is 14.3 Å². The maximum absolute atomic E-state index is 11.8. The van der Waals surface area contributed by atoms with Crippen molar-refractivity contribution in [2.45, 2.75) is 23.7 Å². The summed E-state index contributed by atoms with van der Waals surface area (Å²) in [5.74, 6) is -0.0402. The van der Waals surface area contributed by atoms with Crippen LogP contribution in [0.1, 0.15) is 6.23 Å². The molecular formula is C10H13N5O4S2. The molecule has 2 unspecified atom stereocenters. The van der Waals surface area contributed by atoms with Crippen molar-refractivity contribution in [2.24, 2.45) is 0 Å². The number of hydrogen-bond acceptors (Lipinski definition) is 9. The molecule has 4 atom stereocenters. The number of rotatable bonds is 3. The average molecular weight is 331 g/mol. The van der Waals surface area contributed by atoms with Gasteiger partial charge in [-0.15, -0.1) is 11.7 Å². The Balaban J connectivity index is 2.10. The second kappa shape index (κ2) is 5.50. The van der Waals surface area contributed by atoms with E-state index in [9.17, 15) is 15.0 Å². The summed E-state index contributed by atoms with van der Waals surface area (Å²) in [5.41, 5.74) is 5.46. The van der Waals surface area contributed by atoms with Crippen molar-refractivity contribution in [2.75, 3.05) is 12.3 Å². The van der Waals surface area contributed by atoms with Crippen LogP contribution in [-0.2, 0) is 4.74 Å². The first-order chi connectivity index (χ1) is 10.1. The highest BCUT2D eigenvalue weighted by Crippen LogP contribution is 2.39. The second-order valence-corrected chi connectivity index (χ2v) is 5.97.